The molecular formula is C24H30B2S. The van der Waals surface area contributed by atoms with E-state index in [1.165, 1.54) is 59.3 Å². The molecule has 0 unspecified atom stereocenters. The number of rotatable bonds is 6. The standard InChI is InChI=1S/C24H30B2S/c1-6-20(21-12-7-16(2)8-13-21)14-11-18(4)17(3)9-10-19(5)23-15-22(25)24(26)27-23/h6,9-11,14-16,21H,1,7-8,12-13H2,2-5H3/b17-9+,18-11+,19-10+,20-14+. The van der Waals surface area contributed by atoms with Gasteiger partial charge in [-0.15, -0.1) is 0 Å². The molecule has 27 heavy (non-hydrogen) atoms. The molecule has 0 nitrogen and oxygen atoms in total. The van der Waals surface area contributed by atoms with Gasteiger partial charge in [-0.05, 0) is 67.7 Å². The molecule has 1 aliphatic rings. The fraction of sp³-hybridized carbons (Fsp3) is 0.417. The maximum atomic E-state index is 5.86. The van der Waals surface area contributed by atoms with E-state index in [1.807, 2.05) is 12.1 Å². The molecule has 138 valence electrons. The molecule has 0 aliphatic heterocycles. The Morgan fingerprint density at radius 2 is 1.59 bits per heavy atom. The minimum absolute atomic E-state index is 0.665. The Hall–Kier alpha value is -1.47. The zero-order chi connectivity index (χ0) is 20.0. The van der Waals surface area contributed by atoms with Gasteiger partial charge in [0.1, 0.15) is 15.7 Å². The van der Waals surface area contributed by atoms with Crippen molar-refractivity contribution in [2.24, 2.45) is 11.8 Å². The molecular weight excluding hydrogens is 342 g/mol. The summed E-state index contributed by atoms with van der Waals surface area (Å²) in [6.45, 7) is 12.8. The topological polar surface area (TPSA) is 0 Å². The SMILES string of the molecule is [B]c1cc(/C(C)=C/C=C(C)/C(C)=C/C=C(\C=C)C2CCC(C)CC2)sc1[B]. The first kappa shape index (κ1) is 21.8. The van der Waals surface area contributed by atoms with Crippen LogP contribution in [0.3, 0.4) is 0 Å². The monoisotopic (exact) mass is 372 g/mol. The van der Waals surface area contributed by atoms with Crippen LogP contribution in [0.1, 0.15) is 58.3 Å². The number of hydrogen-bond donors (Lipinski definition) is 0. The van der Waals surface area contributed by atoms with Gasteiger partial charge in [0.15, 0.2) is 0 Å². The lowest BCUT2D eigenvalue weighted by molar-refractivity contribution is 0.323. The van der Waals surface area contributed by atoms with Crippen molar-refractivity contribution in [3.05, 3.63) is 64.6 Å². The fourth-order valence-corrected chi connectivity index (χ4v) is 4.22. The Bertz CT molecular complexity index is 762. The van der Waals surface area contributed by atoms with Crippen molar-refractivity contribution in [3.8, 4) is 0 Å². The lowest BCUT2D eigenvalue weighted by Crippen LogP contribution is -2.18. The van der Waals surface area contributed by atoms with E-state index in [4.69, 9.17) is 15.7 Å². The summed E-state index contributed by atoms with van der Waals surface area (Å²) in [5.41, 5.74) is 5.75. The van der Waals surface area contributed by atoms with Crippen molar-refractivity contribution in [1.82, 2.24) is 0 Å². The third-order valence-electron chi connectivity index (χ3n) is 5.63. The summed E-state index contributed by atoms with van der Waals surface area (Å²) in [4.78, 5) is 1.12. The average molecular weight is 372 g/mol. The zero-order valence-corrected chi connectivity index (χ0v) is 18.0. The first-order chi connectivity index (χ1) is 12.8. The molecule has 1 fully saturated rings. The third kappa shape index (κ3) is 6.28. The van der Waals surface area contributed by atoms with E-state index in [2.05, 4.69) is 58.6 Å². The van der Waals surface area contributed by atoms with Crippen molar-refractivity contribution < 1.29 is 0 Å². The van der Waals surface area contributed by atoms with Gasteiger partial charge in [0.2, 0.25) is 0 Å². The first-order valence-electron chi connectivity index (χ1n) is 9.83. The number of hydrogen-bond acceptors (Lipinski definition) is 1. The molecule has 3 heteroatoms. The van der Waals surface area contributed by atoms with Gasteiger partial charge in [-0.2, -0.15) is 11.3 Å². The lowest BCUT2D eigenvalue weighted by Gasteiger charge is -2.27. The third-order valence-corrected chi connectivity index (χ3v) is 6.75. The van der Waals surface area contributed by atoms with Gasteiger partial charge in [0.25, 0.3) is 0 Å². The molecule has 1 heterocycles. The Labute approximate surface area is 172 Å². The largest absolute Gasteiger partial charge is 0.153 e. The molecule has 0 bridgehead atoms. The molecule has 1 aromatic rings. The van der Waals surface area contributed by atoms with Crippen LogP contribution >= 0.6 is 11.3 Å². The van der Waals surface area contributed by atoms with Crippen LogP contribution in [-0.4, -0.2) is 15.7 Å². The summed E-state index contributed by atoms with van der Waals surface area (Å²) in [5.74, 6) is 1.54. The summed E-state index contributed by atoms with van der Waals surface area (Å²) in [6, 6.07) is 1.95. The molecule has 1 aliphatic carbocycles. The second-order valence-corrected chi connectivity index (χ2v) is 8.89. The fourth-order valence-electron chi connectivity index (χ4n) is 3.39. The Kier molecular flexibility index (Phi) is 8.23. The maximum absolute atomic E-state index is 5.86. The highest BCUT2D eigenvalue weighted by Gasteiger charge is 2.19. The van der Waals surface area contributed by atoms with Gasteiger partial charge in [0.05, 0.1) is 0 Å². The number of thiophene rings is 1. The van der Waals surface area contributed by atoms with Crippen molar-refractivity contribution in [3.63, 3.8) is 0 Å². The molecule has 0 spiro atoms. The van der Waals surface area contributed by atoms with Crippen molar-refractivity contribution >= 4 is 42.8 Å². The van der Waals surface area contributed by atoms with Crippen molar-refractivity contribution in [2.75, 3.05) is 0 Å². The molecule has 0 saturated heterocycles. The second kappa shape index (κ2) is 10.2. The van der Waals surface area contributed by atoms with Crippen LogP contribution in [0.25, 0.3) is 5.57 Å². The summed E-state index contributed by atoms with van der Waals surface area (Å²) in [5, 5.41) is 0. The van der Waals surface area contributed by atoms with E-state index in [9.17, 15) is 0 Å². The highest BCUT2D eigenvalue weighted by Crippen LogP contribution is 2.33. The van der Waals surface area contributed by atoms with Crippen LogP contribution in [0.5, 0.6) is 0 Å². The zero-order valence-electron chi connectivity index (χ0n) is 17.2. The van der Waals surface area contributed by atoms with Crippen LogP contribution in [0, 0.1) is 11.8 Å². The molecule has 0 amide bonds. The van der Waals surface area contributed by atoms with Gasteiger partial charge < -0.3 is 0 Å². The summed E-state index contributed by atoms with van der Waals surface area (Å²) < 4.78 is 0.689. The molecule has 2 rings (SSSR count). The second-order valence-electron chi connectivity index (χ2n) is 7.81. The average Bonchev–Trinajstić information content (AvgIpc) is 2.99. The predicted octanol–water partition coefficient (Wildman–Crippen LogP) is 5.57. The normalized spacial score (nSPS) is 22.8. The molecule has 1 aromatic heterocycles. The molecule has 0 atom stereocenters. The van der Waals surface area contributed by atoms with Gasteiger partial charge in [-0.3, -0.25) is 0 Å². The molecule has 4 radical (unpaired) electrons. The van der Waals surface area contributed by atoms with E-state index in [1.54, 1.807) is 0 Å². The Balaban J connectivity index is 2.09. The Morgan fingerprint density at radius 1 is 1.00 bits per heavy atom. The molecule has 0 N–H and O–H groups in total. The van der Waals surface area contributed by atoms with Crippen LogP contribution in [0.2, 0.25) is 0 Å². The van der Waals surface area contributed by atoms with E-state index in [0.29, 0.717) is 16.2 Å². The van der Waals surface area contributed by atoms with Crippen LogP contribution in [0.15, 0.2) is 59.7 Å². The molecule has 1 saturated carbocycles. The van der Waals surface area contributed by atoms with Crippen LogP contribution < -0.4 is 10.2 Å². The van der Waals surface area contributed by atoms with Gasteiger partial charge in [0, 0.05) is 4.88 Å². The predicted molar refractivity (Wildman–Crippen MR) is 126 cm³/mol. The highest BCUT2D eigenvalue weighted by molar-refractivity contribution is 7.22. The van der Waals surface area contributed by atoms with E-state index < -0.39 is 0 Å². The first-order valence-corrected chi connectivity index (χ1v) is 10.6. The van der Waals surface area contributed by atoms with Crippen LogP contribution in [-0.2, 0) is 0 Å². The van der Waals surface area contributed by atoms with E-state index >= 15 is 0 Å². The van der Waals surface area contributed by atoms with Gasteiger partial charge in [-0.1, -0.05) is 73.0 Å². The smallest absolute Gasteiger partial charge is 0.128 e. The maximum Gasteiger partial charge on any atom is 0.128 e. The van der Waals surface area contributed by atoms with Crippen molar-refractivity contribution in [1.29, 1.82) is 0 Å². The summed E-state index contributed by atoms with van der Waals surface area (Å²) in [7, 11) is 11.7. The number of allylic oxidation sites excluding steroid dienone is 9. The highest BCUT2D eigenvalue weighted by atomic mass is 32.1. The summed E-state index contributed by atoms with van der Waals surface area (Å²) in [6.07, 6.45) is 16.1. The van der Waals surface area contributed by atoms with Gasteiger partial charge in [-0.25, -0.2) is 0 Å². The minimum atomic E-state index is 0.665. The van der Waals surface area contributed by atoms with E-state index in [-0.39, 0.29) is 0 Å². The van der Waals surface area contributed by atoms with Crippen LogP contribution in [0.4, 0.5) is 0 Å². The minimum Gasteiger partial charge on any atom is -0.153 e. The lowest BCUT2D eigenvalue weighted by atomic mass is 9.79. The van der Waals surface area contributed by atoms with E-state index in [0.717, 1.165) is 10.8 Å². The quantitative estimate of drug-likeness (QED) is 0.452. The molecule has 0 aromatic carbocycles. The summed E-state index contributed by atoms with van der Waals surface area (Å²) >= 11 is 1.54. The van der Waals surface area contributed by atoms with Crippen molar-refractivity contribution in [2.45, 2.75) is 53.4 Å². The van der Waals surface area contributed by atoms with Gasteiger partial charge >= 0.3 is 0 Å². The Morgan fingerprint density at radius 3 is 2.11 bits per heavy atom.